The van der Waals surface area contributed by atoms with Crippen LogP contribution in [-0.4, -0.2) is 17.9 Å². The minimum Gasteiger partial charge on any atom is -0.406 e. The molecule has 0 saturated carbocycles. The number of carbonyl (C=O) groups is 2. The molecule has 27 heavy (non-hydrogen) atoms. The van der Waals surface area contributed by atoms with Crippen LogP contribution in [0.1, 0.15) is 47.8 Å². The van der Waals surface area contributed by atoms with E-state index in [1.165, 1.54) is 44.2 Å². The van der Waals surface area contributed by atoms with Crippen molar-refractivity contribution in [2.24, 2.45) is 0 Å². The summed E-state index contributed by atoms with van der Waals surface area (Å²) in [6.07, 6.45) is -5.04. The van der Waals surface area contributed by atoms with Gasteiger partial charge in [0.2, 0.25) is 0 Å². The van der Waals surface area contributed by atoms with Crippen LogP contribution in [0.5, 0.6) is 5.75 Å². The maximum atomic E-state index is 12.7. The second-order valence-corrected chi connectivity index (χ2v) is 5.97. The summed E-state index contributed by atoms with van der Waals surface area (Å²) in [7, 11) is 0. The van der Waals surface area contributed by atoms with Gasteiger partial charge in [-0.2, -0.15) is 0 Å². The van der Waals surface area contributed by atoms with Crippen molar-refractivity contribution < 1.29 is 27.5 Å². The smallest absolute Gasteiger partial charge is 0.406 e. The van der Waals surface area contributed by atoms with E-state index in [-0.39, 0.29) is 28.9 Å². The van der Waals surface area contributed by atoms with Gasteiger partial charge in [-0.1, -0.05) is 25.4 Å². The summed E-state index contributed by atoms with van der Waals surface area (Å²) >= 11 is 5.79. The molecule has 0 aromatic heterocycles. The first-order valence-electron chi connectivity index (χ1n) is 8.26. The quantitative estimate of drug-likeness (QED) is 0.584. The number of ketones is 2. The van der Waals surface area contributed by atoms with Crippen LogP contribution in [0.15, 0.2) is 36.4 Å². The standard InChI is InChI=1S/C18H14ClF3O3.C2H6/c1-10-7-15(17(24)12-3-5-14(19)6-4-12)13(8-11(2)23)9-16(10)25-18(20,21)22;1-2/h3-7,9H,8H2,1-2H3;1-2H3. The third-order valence-electron chi connectivity index (χ3n) is 3.42. The molecule has 0 aliphatic rings. The number of hydrogen-bond acceptors (Lipinski definition) is 3. The summed E-state index contributed by atoms with van der Waals surface area (Å²) in [4.78, 5) is 24.2. The average Bonchev–Trinajstić information content (AvgIpc) is 2.58. The molecule has 146 valence electrons. The lowest BCUT2D eigenvalue weighted by Crippen LogP contribution is -2.19. The molecule has 0 heterocycles. The van der Waals surface area contributed by atoms with Crippen molar-refractivity contribution in [2.45, 2.75) is 40.5 Å². The average molecular weight is 401 g/mol. The fourth-order valence-corrected chi connectivity index (χ4v) is 2.47. The lowest BCUT2D eigenvalue weighted by atomic mass is 9.93. The molecule has 3 nitrogen and oxygen atoms in total. The number of carbonyl (C=O) groups excluding carboxylic acids is 2. The van der Waals surface area contributed by atoms with Gasteiger partial charge in [0.05, 0.1) is 0 Å². The minimum absolute atomic E-state index is 0.141. The number of benzene rings is 2. The highest BCUT2D eigenvalue weighted by Crippen LogP contribution is 2.30. The van der Waals surface area contributed by atoms with Crippen LogP contribution in [0.3, 0.4) is 0 Å². The Balaban J connectivity index is 0.00000176. The molecule has 2 aromatic rings. The van der Waals surface area contributed by atoms with Gasteiger partial charge in [-0.15, -0.1) is 13.2 Å². The van der Waals surface area contributed by atoms with Gasteiger partial charge in [0.1, 0.15) is 11.5 Å². The number of halogens is 4. The molecule has 2 rings (SSSR count). The number of aryl methyl sites for hydroxylation is 1. The molecule has 0 fully saturated rings. The van der Waals surface area contributed by atoms with E-state index < -0.39 is 17.9 Å². The van der Waals surface area contributed by atoms with E-state index in [2.05, 4.69) is 4.74 Å². The molecule has 0 unspecified atom stereocenters. The van der Waals surface area contributed by atoms with E-state index in [1.807, 2.05) is 13.8 Å². The lowest BCUT2D eigenvalue weighted by molar-refractivity contribution is -0.274. The Labute approximate surface area is 161 Å². The number of ether oxygens (including phenoxy) is 1. The van der Waals surface area contributed by atoms with E-state index in [9.17, 15) is 22.8 Å². The maximum Gasteiger partial charge on any atom is 0.573 e. The van der Waals surface area contributed by atoms with Crippen LogP contribution < -0.4 is 4.74 Å². The highest BCUT2D eigenvalue weighted by Gasteiger charge is 2.32. The third kappa shape index (κ3) is 6.71. The van der Waals surface area contributed by atoms with Gasteiger partial charge < -0.3 is 4.74 Å². The van der Waals surface area contributed by atoms with E-state index in [4.69, 9.17) is 11.6 Å². The first-order valence-corrected chi connectivity index (χ1v) is 8.63. The minimum atomic E-state index is -4.86. The zero-order valence-electron chi connectivity index (χ0n) is 15.4. The van der Waals surface area contributed by atoms with Crippen LogP contribution >= 0.6 is 11.6 Å². The summed E-state index contributed by atoms with van der Waals surface area (Å²) in [6, 6.07) is 8.49. The molecule has 0 aliphatic heterocycles. The fraction of sp³-hybridized carbons (Fsp3) is 0.300. The van der Waals surface area contributed by atoms with Crippen molar-refractivity contribution in [3.8, 4) is 5.75 Å². The van der Waals surface area contributed by atoms with Gasteiger partial charge in [-0.05, 0) is 61.4 Å². The van der Waals surface area contributed by atoms with E-state index in [0.717, 1.165) is 6.07 Å². The second kappa shape index (κ2) is 9.55. The largest absolute Gasteiger partial charge is 0.573 e. The van der Waals surface area contributed by atoms with Crippen LogP contribution in [-0.2, 0) is 11.2 Å². The Morgan fingerprint density at radius 3 is 2.11 bits per heavy atom. The van der Waals surface area contributed by atoms with Crippen molar-refractivity contribution in [2.75, 3.05) is 0 Å². The first-order chi connectivity index (χ1) is 12.6. The highest BCUT2D eigenvalue weighted by atomic mass is 35.5. The zero-order valence-corrected chi connectivity index (χ0v) is 16.2. The van der Waals surface area contributed by atoms with Gasteiger partial charge in [-0.25, -0.2) is 0 Å². The van der Waals surface area contributed by atoms with Crippen molar-refractivity contribution in [1.82, 2.24) is 0 Å². The monoisotopic (exact) mass is 400 g/mol. The number of alkyl halides is 3. The third-order valence-corrected chi connectivity index (χ3v) is 3.67. The molecule has 0 aliphatic carbocycles. The summed E-state index contributed by atoms with van der Waals surface area (Å²) < 4.78 is 41.5. The predicted octanol–water partition coefficient (Wildman–Crippen LogP) is 5.94. The molecule has 2 aromatic carbocycles. The topological polar surface area (TPSA) is 43.4 Å². The molecular formula is C20H20ClF3O3. The van der Waals surface area contributed by atoms with Crippen LogP contribution in [0.25, 0.3) is 0 Å². The number of rotatable bonds is 5. The Morgan fingerprint density at radius 2 is 1.63 bits per heavy atom. The summed E-state index contributed by atoms with van der Waals surface area (Å²) in [5, 5.41) is 0.450. The SMILES string of the molecule is CC.CC(=O)Cc1cc(OC(F)(F)F)c(C)cc1C(=O)c1ccc(Cl)cc1. The van der Waals surface area contributed by atoms with Gasteiger partial charge in [0, 0.05) is 22.6 Å². The van der Waals surface area contributed by atoms with Crippen molar-refractivity contribution in [3.05, 3.63) is 63.7 Å². The zero-order chi connectivity index (χ0) is 20.8. The molecule has 7 heteroatoms. The molecule has 0 radical (unpaired) electrons. The van der Waals surface area contributed by atoms with Crippen LogP contribution in [0.2, 0.25) is 5.02 Å². The lowest BCUT2D eigenvalue weighted by Gasteiger charge is -2.15. The molecule has 0 saturated heterocycles. The Bertz CT molecular complexity index is 812. The molecule has 0 amide bonds. The molecular weight excluding hydrogens is 381 g/mol. The highest BCUT2D eigenvalue weighted by molar-refractivity contribution is 6.30. The van der Waals surface area contributed by atoms with E-state index in [0.29, 0.717) is 10.6 Å². The summed E-state index contributed by atoms with van der Waals surface area (Å²) in [6.45, 7) is 6.69. The normalized spacial score (nSPS) is 10.7. The van der Waals surface area contributed by atoms with Gasteiger partial charge in [0.25, 0.3) is 0 Å². The number of Topliss-reactive ketones (excluding diaryl/α,β-unsaturated/α-hetero) is 1. The fourth-order valence-electron chi connectivity index (χ4n) is 2.35. The molecule has 0 spiro atoms. The summed E-state index contributed by atoms with van der Waals surface area (Å²) in [5.74, 6) is -1.13. The van der Waals surface area contributed by atoms with Gasteiger partial charge in [0.15, 0.2) is 5.78 Å². The molecule has 0 bridgehead atoms. The Morgan fingerprint density at radius 1 is 1.07 bits per heavy atom. The molecule has 0 atom stereocenters. The summed E-state index contributed by atoms with van der Waals surface area (Å²) in [5.41, 5.74) is 0.793. The first kappa shape index (κ1) is 22.7. The van der Waals surface area contributed by atoms with Gasteiger partial charge >= 0.3 is 6.36 Å². The van der Waals surface area contributed by atoms with E-state index >= 15 is 0 Å². The van der Waals surface area contributed by atoms with Crippen LogP contribution in [0, 0.1) is 6.92 Å². The van der Waals surface area contributed by atoms with E-state index in [1.54, 1.807) is 0 Å². The van der Waals surface area contributed by atoms with Crippen LogP contribution in [0.4, 0.5) is 13.2 Å². The number of hydrogen-bond donors (Lipinski definition) is 0. The van der Waals surface area contributed by atoms with Crippen molar-refractivity contribution in [1.29, 1.82) is 0 Å². The van der Waals surface area contributed by atoms with Crippen molar-refractivity contribution >= 4 is 23.2 Å². The molecule has 0 N–H and O–H groups in total. The van der Waals surface area contributed by atoms with Crippen molar-refractivity contribution in [3.63, 3.8) is 0 Å². The van der Waals surface area contributed by atoms with Gasteiger partial charge in [-0.3, -0.25) is 9.59 Å². The second-order valence-electron chi connectivity index (χ2n) is 5.54. The Kier molecular flexibility index (Phi) is 8.03. The maximum absolute atomic E-state index is 12.7. The Hall–Kier alpha value is -2.34. The predicted molar refractivity (Wildman–Crippen MR) is 98.5 cm³/mol.